The molecule has 7 nitrogen and oxygen atoms in total. The van der Waals surface area contributed by atoms with Crippen LogP contribution in [0.1, 0.15) is 20.8 Å². The number of aromatic nitrogens is 2. The number of pyridine rings is 1. The van der Waals surface area contributed by atoms with Crippen LogP contribution >= 0.6 is 11.6 Å². The third-order valence-corrected chi connectivity index (χ3v) is 3.87. The average molecular weight is 372 g/mol. The number of nitrogens with zero attached hydrogens (tertiary/aromatic N) is 2. The summed E-state index contributed by atoms with van der Waals surface area (Å²) in [6.07, 6.45) is 1.68. The molecule has 132 valence electrons. The first kappa shape index (κ1) is 17.6. The Labute approximate surface area is 153 Å². The Morgan fingerprint density at radius 3 is 2.73 bits per heavy atom. The molecule has 1 N–H and O–H groups in total. The number of carbonyl (C=O) groups excluding carboxylic acids is 3. The number of rotatable bonds is 4. The molecule has 0 saturated heterocycles. The van der Waals surface area contributed by atoms with Gasteiger partial charge in [0.15, 0.2) is 6.61 Å². The third kappa shape index (κ3) is 3.89. The van der Waals surface area contributed by atoms with Crippen LogP contribution in [0.5, 0.6) is 0 Å². The van der Waals surface area contributed by atoms with Crippen LogP contribution in [-0.4, -0.2) is 33.9 Å². The Kier molecular flexibility index (Phi) is 4.99. The van der Waals surface area contributed by atoms with Gasteiger partial charge in [0, 0.05) is 18.6 Å². The van der Waals surface area contributed by atoms with Crippen molar-refractivity contribution in [1.29, 1.82) is 0 Å². The van der Waals surface area contributed by atoms with Crippen molar-refractivity contribution in [1.82, 2.24) is 14.9 Å². The van der Waals surface area contributed by atoms with Gasteiger partial charge in [-0.1, -0.05) is 11.6 Å². The van der Waals surface area contributed by atoms with Crippen molar-refractivity contribution in [2.75, 3.05) is 6.61 Å². The number of nitrogens with one attached hydrogen (secondary N) is 1. The molecule has 0 aliphatic rings. The summed E-state index contributed by atoms with van der Waals surface area (Å²) in [5.41, 5.74) is 1.23. The minimum Gasteiger partial charge on any atom is -0.452 e. The first-order valence-electron chi connectivity index (χ1n) is 7.63. The van der Waals surface area contributed by atoms with E-state index in [9.17, 15) is 14.4 Å². The fraction of sp³-hybridized carbons (Fsp3) is 0.111. The molecule has 0 unspecified atom stereocenters. The van der Waals surface area contributed by atoms with Gasteiger partial charge in [-0.05, 0) is 42.5 Å². The summed E-state index contributed by atoms with van der Waals surface area (Å²) in [7, 11) is 1.68. The molecule has 0 bridgehead atoms. The van der Waals surface area contributed by atoms with E-state index in [0.29, 0.717) is 21.7 Å². The lowest BCUT2D eigenvalue weighted by Crippen LogP contribution is -2.35. The highest BCUT2D eigenvalue weighted by atomic mass is 35.5. The summed E-state index contributed by atoms with van der Waals surface area (Å²) in [4.78, 5) is 39.9. The molecular formula is C18H14ClN3O4. The maximum atomic E-state index is 12.1. The van der Waals surface area contributed by atoms with Crippen LogP contribution in [0, 0.1) is 0 Å². The SMILES string of the molecule is Cn1cccc1C(=O)NC(=O)COC(=O)c1ccc2nc(Cl)ccc2c1. The minimum atomic E-state index is -0.709. The zero-order valence-corrected chi connectivity index (χ0v) is 14.5. The number of carbonyl (C=O) groups is 3. The number of aryl methyl sites for hydroxylation is 1. The van der Waals surface area contributed by atoms with E-state index in [4.69, 9.17) is 16.3 Å². The number of amides is 2. The molecule has 2 amide bonds. The third-order valence-electron chi connectivity index (χ3n) is 3.65. The lowest BCUT2D eigenvalue weighted by atomic mass is 10.1. The van der Waals surface area contributed by atoms with Crippen LogP contribution in [0.3, 0.4) is 0 Å². The monoisotopic (exact) mass is 371 g/mol. The van der Waals surface area contributed by atoms with E-state index in [-0.39, 0.29) is 5.56 Å². The predicted molar refractivity (Wildman–Crippen MR) is 94.9 cm³/mol. The number of imide groups is 1. The molecular weight excluding hydrogens is 358 g/mol. The summed E-state index contributed by atoms with van der Waals surface area (Å²) in [6, 6.07) is 11.4. The Hall–Kier alpha value is -3.19. The van der Waals surface area contributed by atoms with Gasteiger partial charge in [-0.3, -0.25) is 14.9 Å². The number of benzene rings is 1. The minimum absolute atomic E-state index is 0.267. The van der Waals surface area contributed by atoms with Gasteiger partial charge < -0.3 is 9.30 Å². The Balaban J connectivity index is 1.60. The van der Waals surface area contributed by atoms with E-state index in [1.807, 2.05) is 0 Å². The maximum absolute atomic E-state index is 12.1. The van der Waals surface area contributed by atoms with Crippen molar-refractivity contribution >= 4 is 40.3 Å². The van der Waals surface area contributed by atoms with Gasteiger partial charge in [0.05, 0.1) is 11.1 Å². The van der Waals surface area contributed by atoms with Gasteiger partial charge in [-0.15, -0.1) is 0 Å². The lowest BCUT2D eigenvalue weighted by molar-refractivity contribution is -0.123. The number of ether oxygens (including phenoxy) is 1. The first-order valence-corrected chi connectivity index (χ1v) is 8.01. The van der Waals surface area contributed by atoms with Crippen molar-refractivity contribution in [2.24, 2.45) is 7.05 Å². The fourth-order valence-corrected chi connectivity index (χ4v) is 2.52. The van der Waals surface area contributed by atoms with Crippen molar-refractivity contribution < 1.29 is 19.1 Å². The van der Waals surface area contributed by atoms with E-state index >= 15 is 0 Å². The number of hydrogen-bond acceptors (Lipinski definition) is 5. The molecule has 3 aromatic rings. The molecule has 2 heterocycles. The normalized spacial score (nSPS) is 10.5. The van der Waals surface area contributed by atoms with Gasteiger partial charge in [0.2, 0.25) is 0 Å². The molecule has 1 aromatic carbocycles. The fourth-order valence-electron chi connectivity index (χ4n) is 2.37. The highest BCUT2D eigenvalue weighted by molar-refractivity contribution is 6.29. The van der Waals surface area contributed by atoms with Crippen molar-refractivity contribution in [3.05, 3.63) is 65.1 Å². The van der Waals surface area contributed by atoms with Crippen LogP contribution in [-0.2, 0) is 16.6 Å². The second kappa shape index (κ2) is 7.37. The van der Waals surface area contributed by atoms with E-state index in [0.717, 1.165) is 0 Å². The Bertz CT molecular complexity index is 1010. The van der Waals surface area contributed by atoms with E-state index in [1.165, 1.54) is 6.07 Å². The second-order valence-electron chi connectivity index (χ2n) is 5.50. The lowest BCUT2D eigenvalue weighted by Gasteiger charge is -2.07. The van der Waals surface area contributed by atoms with E-state index < -0.39 is 24.4 Å². The summed E-state index contributed by atoms with van der Waals surface area (Å²) < 4.78 is 6.53. The van der Waals surface area contributed by atoms with Gasteiger partial charge in [-0.2, -0.15) is 0 Å². The van der Waals surface area contributed by atoms with Gasteiger partial charge >= 0.3 is 5.97 Å². The zero-order valence-electron chi connectivity index (χ0n) is 13.7. The van der Waals surface area contributed by atoms with Crippen LogP contribution in [0.25, 0.3) is 10.9 Å². The van der Waals surface area contributed by atoms with Gasteiger partial charge in [-0.25, -0.2) is 9.78 Å². The van der Waals surface area contributed by atoms with E-state index in [1.54, 1.807) is 54.2 Å². The standard InChI is InChI=1S/C18H14ClN3O4/c1-22-8-2-3-14(22)17(24)21-16(23)10-26-18(25)12-4-6-13-11(9-12)5-7-15(19)20-13/h2-9H,10H2,1H3,(H,21,23,24). The molecule has 3 rings (SSSR count). The molecule has 2 aromatic heterocycles. The summed E-state index contributed by atoms with van der Waals surface area (Å²) in [5, 5.41) is 3.23. The number of fused-ring (bicyclic) bond motifs is 1. The van der Waals surface area contributed by atoms with Crippen LogP contribution in [0.15, 0.2) is 48.7 Å². The van der Waals surface area contributed by atoms with Crippen LogP contribution in [0.4, 0.5) is 0 Å². The number of halogens is 1. The second-order valence-corrected chi connectivity index (χ2v) is 5.89. The highest BCUT2D eigenvalue weighted by Gasteiger charge is 2.15. The van der Waals surface area contributed by atoms with Gasteiger partial charge in [0.25, 0.3) is 11.8 Å². The topological polar surface area (TPSA) is 90.3 Å². The number of esters is 1. The van der Waals surface area contributed by atoms with Crippen molar-refractivity contribution in [3.8, 4) is 0 Å². The molecule has 0 aliphatic heterocycles. The maximum Gasteiger partial charge on any atom is 0.338 e. The molecule has 8 heteroatoms. The first-order chi connectivity index (χ1) is 12.4. The average Bonchev–Trinajstić information content (AvgIpc) is 3.05. The largest absolute Gasteiger partial charge is 0.452 e. The number of hydrogen-bond donors (Lipinski definition) is 1. The van der Waals surface area contributed by atoms with E-state index in [2.05, 4.69) is 10.3 Å². The molecule has 0 radical (unpaired) electrons. The van der Waals surface area contributed by atoms with Gasteiger partial charge in [0.1, 0.15) is 10.8 Å². The molecule has 0 fully saturated rings. The Morgan fingerprint density at radius 2 is 2.00 bits per heavy atom. The predicted octanol–water partition coefficient (Wildman–Crippen LogP) is 2.34. The molecule has 0 aliphatic carbocycles. The smallest absolute Gasteiger partial charge is 0.338 e. The Morgan fingerprint density at radius 1 is 1.19 bits per heavy atom. The summed E-state index contributed by atoms with van der Waals surface area (Å²) in [5.74, 6) is -1.95. The molecule has 0 saturated carbocycles. The quantitative estimate of drug-likeness (QED) is 0.561. The molecule has 0 spiro atoms. The highest BCUT2D eigenvalue weighted by Crippen LogP contribution is 2.17. The van der Waals surface area contributed by atoms with Crippen LogP contribution in [0.2, 0.25) is 5.15 Å². The van der Waals surface area contributed by atoms with Crippen molar-refractivity contribution in [3.63, 3.8) is 0 Å². The van der Waals surface area contributed by atoms with Crippen molar-refractivity contribution in [2.45, 2.75) is 0 Å². The zero-order chi connectivity index (χ0) is 18.7. The van der Waals surface area contributed by atoms with Crippen LogP contribution < -0.4 is 5.32 Å². The summed E-state index contributed by atoms with van der Waals surface area (Å²) >= 11 is 5.82. The molecule has 26 heavy (non-hydrogen) atoms. The molecule has 0 atom stereocenters. The summed E-state index contributed by atoms with van der Waals surface area (Å²) in [6.45, 7) is -0.564.